The summed E-state index contributed by atoms with van der Waals surface area (Å²) in [6.45, 7) is 10.4. The number of nitrogens with zero attached hydrogens (tertiary/aromatic N) is 4. The van der Waals surface area contributed by atoms with Crippen LogP contribution in [0.3, 0.4) is 0 Å². The summed E-state index contributed by atoms with van der Waals surface area (Å²) in [6, 6.07) is -0.230. The van der Waals surface area contributed by atoms with Crippen LogP contribution in [0.2, 0.25) is 0 Å². The van der Waals surface area contributed by atoms with Crippen LogP contribution in [0.1, 0.15) is 65.2 Å². The molecule has 1 aromatic heterocycles. The summed E-state index contributed by atoms with van der Waals surface area (Å²) in [6.07, 6.45) is 1.09. The molecule has 1 aromatic rings. The highest BCUT2D eigenvalue weighted by Crippen LogP contribution is 2.58. The third-order valence-electron chi connectivity index (χ3n) is 4.01. The number of carbonyl (C=O) groups is 1. The summed E-state index contributed by atoms with van der Waals surface area (Å²) in [5.41, 5.74) is 0.0136. The molecule has 106 valence electrons. The van der Waals surface area contributed by atoms with E-state index in [2.05, 4.69) is 29.4 Å². The molecule has 2 rings (SSSR count). The minimum absolute atomic E-state index is 0.0364. The van der Waals surface area contributed by atoms with E-state index in [0.717, 1.165) is 12.2 Å². The highest BCUT2D eigenvalue weighted by Gasteiger charge is 2.50. The van der Waals surface area contributed by atoms with Crippen molar-refractivity contribution in [1.29, 1.82) is 0 Å². The zero-order valence-corrected chi connectivity index (χ0v) is 12.2. The van der Waals surface area contributed by atoms with E-state index in [1.807, 2.05) is 20.8 Å². The van der Waals surface area contributed by atoms with Gasteiger partial charge in [0.15, 0.2) is 5.82 Å². The molecular weight excluding hydrogens is 244 g/mol. The second-order valence-corrected chi connectivity index (χ2v) is 7.21. The predicted octanol–water partition coefficient (Wildman–Crippen LogP) is 2.25. The summed E-state index contributed by atoms with van der Waals surface area (Å²) in [7, 11) is 0. The fraction of sp³-hybridized carbons (Fsp3) is 0.846. The molecule has 0 radical (unpaired) electrons. The van der Waals surface area contributed by atoms with Gasteiger partial charge in [-0.2, -0.15) is 0 Å². The van der Waals surface area contributed by atoms with Gasteiger partial charge < -0.3 is 5.11 Å². The van der Waals surface area contributed by atoms with Gasteiger partial charge in [0.1, 0.15) is 0 Å². The molecule has 6 heteroatoms. The predicted molar refractivity (Wildman–Crippen MR) is 69.7 cm³/mol. The molecular formula is C13H22N4O2. The van der Waals surface area contributed by atoms with Crippen LogP contribution in [-0.2, 0) is 4.79 Å². The number of hydrogen-bond acceptors (Lipinski definition) is 4. The van der Waals surface area contributed by atoms with Crippen LogP contribution < -0.4 is 0 Å². The second kappa shape index (κ2) is 4.28. The summed E-state index contributed by atoms with van der Waals surface area (Å²) < 4.78 is 1.73. The lowest BCUT2D eigenvalue weighted by Crippen LogP contribution is -2.29. The molecule has 0 amide bonds. The molecule has 1 N–H and O–H groups in total. The van der Waals surface area contributed by atoms with Gasteiger partial charge in [-0.05, 0) is 27.7 Å². The van der Waals surface area contributed by atoms with Gasteiger partial charge in [0.05, 0.1) is 12.5 Å². The first-order chi connectivity index (χ1) is 8.63. The molecule has 2 atom stereocenters. The molecule has 0 aromatic carbocycles. The first-order valence-corrected chi connectivity index (χ1v) is 6.62. The molecule has 1 heterocycles. The zero-order chi connectivity index (χ0) is 14.4. The van der Waals surface area contributed by atoms with E-state index < -0.39 is 5.97 Å². The van der Waals surface area contributed by atoms with Crippen molar-refractivity contribution in [2.45, 2.75) is 59.4 Å². The number of carboxylic acid groups (broad SMARTS) is 1. The van der Waals surface area contributed by atoms with Gasteiger partial charge in [-0.3, -0.25) is 4.79 Å². The summed E-state index contributed by atoms with van der Waals surface area (Å²) >= 11 is 0. The Hall–Kier alpha value is -1.46. The molecule has 6 nitrogen and oxygen atoms in total. The fourth-order valence-electron chi connectivity index (χ4n) is 2.48. The van der Waals surface area contributed by atoms with Gasteiger partial charge in [0, 0.05) is 5.92 Å². The van der Waals surface area contributed by atoms with Crippen molar-refractivity contribution < 1.29 is 9.90 Å². The molecule has 1 saturated carbocycles. The molecule has 0 bridgehead atoms. The van der Waals surface area contributed by atoms with Crippen molar-refractivity contribution in [3.05, 3.63) is 5.82 Å². The molecule has 2 unspecified atom stereocenters. The third kappa shape index (κ3) is 2.77. The van der Waals surface area contributed by atoms with Crippen LogP contribution in [0.5, 0.6) is 0 Å². The number of rotatable bonds is 4. The Morgan fingerprint density at radius 1 is 1.53 bits per heavy atom. The lowest BCUT2D eigenvalue weighted by molar-refractivity contribution is -0.138. The van der Waals surface area contributed by atoms with Gasteiger partial charge in [-0.1, -0.05) is 34.6 Å². The highest BCUT2D eigenvalue weighted by atomic mass is 16.4. The molecule has 0 spiro atoms. The Labute approximate surface area is 113 Å². The van der Waals surface area contributed by atoms with Crippen molar-refractivity contribution >= 4 is 5.97 Å². The average Bonchev–Trinajstić information content (AvgIpc) is 2.70. The van der Waals surface area contributed by atoms with Crippen LogP contribution >= 0.6 is 0 Å². The van der Waals surface area contributed by atoms with Crippen LogP contribution in [0.15, 0.2) is 0 Å². The van der Waals surface area contributed by atoms with E-state index in [1.54, 1.807) is 4.68 Å². The summed E-state index contributed by atoms with van der Waals surface area (Å²) in [4.78, 5) is 11.1. The van der Waals surface area contributed by atoms with Crippen LogP contribution in [0, 0.1) is 10.8 Å². The number of tetrazole rings is 1. The van der Waals surface area contributed by atoms with E-state index in [0.29, 0.717) is 5.92 Å². The normalized spacial score (nSPS) is 23.1. The monoisotopic (exact) mass is 266 g/mol. The second-order valence-electron chi connectivity index (χ2n) is 7.21. The van der Waals surface area contributed by atoms with Crippen molar-refractivity contribution in [3.63, 3.8) is 0 Å². The first kappa shape index (κ1) is 14.0. The number of aromatic nitrogens is 4. The van der Waals surface area contributed by atoms with E-state index in [4.69, 9.17) is 5.11 Å². The molecule has 0 aliphatic heterocycles. The van der Waals surface area contributed by atoms with Crippen molar-refractivity contribution in [1.82, 2.24) is 20.2 Å². The van der Waals surface area contributed by atoms with E-state index in [1.165, 1.54) is 0 Å². The Balaban J connectivity index is 2.33. The molecule has 1 aliphatic rings. The zero-order valence-electron chi connectivity index (χ0n) is 12.2. The Morgan fingerprint density at radius 3 is 2.53 bits per heavy atom. The van der Waals surface area contributed by atoms with Crippen LogP contribution in [0.4, 0.5) is 0 Å². The SMILES string of the molecule is CC(C)(C)C(CC(=O)O)n1nnnc1C1CC1(C)C. The van der Waals surface area contributed by atoms with E-state index in [9.17, 15) is 4.79 Å². The molecule has 1 aliphatic carbocycles. The van der Waals surface area contributed by atoms with Gasteiger partial charge in [-0.15, -0.1) is 5.10 Å². The smallest absolute Gasteiger partial charge is 0.305 e. The lowest BCUT2D eigenvalue weighted by atomic mass is 9.84. The van der Waals surface area contributed by atoms with E-state index >= 15 is 0 Å². The standard InChI is InChI=1S/C13H22N4O2/c1-12(2,3)9(6-10(18)19)17-11(14-15-16-17)8-7-13(8,4)5/h8-9H,6-7H2,1-5H3,(H,18,19). The van der Waals surface area contributed by atoms with Gasteiger partial charge in [-0.25, -0.2) is 4.68 Å². The molecule has 0 saturated heterocycles. The van der Waals surface area contributed by atoms with Gasteiger partial charge >= 0.3 is 5.97 Å². The van der Waals surface area contributed by atoms with E-state index in [-0.39, 0.29) is 23.3 Å². The maximum atomic E-state index is 11.1. The third-order valence-corrected chi connectivity index (χ3v) is 4.01. The van der Waals surface area contributed by atoms with Crippen molar-refractivity contribution in [2.24, 2.45) is 10.8 Å². The highest BCUT2D eigenvalue weighted by molar-refractivity contribution is 5.67. The van der Waals surface area contributed by atoms with Crippen LogP contribution in [0.25, 0.3) is 0 Å². The Kier molecular flexibility index (Phi) is 3.15. The van der Waals surface area contributed by atoms with Crippen molar-refractivity contribution in [3.8, 4) is 0 Å². The van der Waals surface area contributed by atoms with Gasteiger partial charge in [0.25, 0.3) is 0 Å². The minimum atomic E-state index is -0.823. The maximum Gasteiger partial charge on any atom is 0.305 e. The molecule has 1 fully saturated rings. The Morgan fingerprint density at radius 2 is 2.11 bits per heavy atom. The largest absolute Gasteiger partial charge is 0.481 e. The topological polar surface area (TPSA) is 80.9 Å². The lowest BCUT2D eigenvalue weighted by Gasteiger charge is -2.30. The minimum Gasteiger partial charge on any atom is -0.481 e. The van der Waals surface area contributed by atoms with Crippen LogP contribution in [-0.4, -0.2) is 31.3 Å². The first-order valence-electron chi connectivity index (χ1n) is 6.62. The fourth-order valence-corrected chi connectivity index (χ4v) is 2.48. The Bertz CT molecular complexity index is 487. The molecule has 19 heavy (non-hydrogen) atoms. The summed E-state index contributed by atoms with van der Waals surface area (Å²) in [5, 5.41) is 21.1. The van der Waals surface area contributed by atoms with Gasteiger partial charge in [0.2, 0.25) is 0 Å². The maximum absolute atomic E-state index is 11.1. The number of carboxylic acids is 1. The van der Waals surface area contributed by atoms with Crippen molar-refractivity contribution in [2.75, 3.05) is 0 Å². The number of hydrogen-bond donors (Lipinski definition) is 1. The quantitative estimate of drug-likeness (QED) is 0.904. The number of aliphatic carboxylic acids is 1. The summed E-state index contributed by atoms with van der Waals surface area (Å²) in [5.74, 6) is 0.337. The average molecular weight is 266 g/mol.